The van der Waals surface area contributed by atoms with Gasteiger partial charge in [0.2, 0.25) is 0 Å². The molecule has 0 aromatic rings. The Balaban J connectivity index is 2.48. The van der Waals surface area contributed by atoms with Crippen molar-refractivity contribution in [1.82, 2.24) is 0 Å². The second-order valence-electron chi connectivity index (χ2n) is 3.51. The molecular weight excluding hydrogens is 209 g/mol. The summed E-state index contributed by atoms with van der Waals surface area (Å²) in [4.78, 5) is 10.5. The van der Waals surface area contributed by atoms with Crippen molar-refractivity contribution < 1.29 is 22.7 Å². The fourth-order valence-electron chi connectivity index (χ4n) is 1.43. The minimum Gasteiger partial charge on any atom is -0.451 e. The first-order valence-corrected chi connectivity index (χ1v) is 4.94. The van der Waals surface area contributed by atoms with E-state index in [1.54, 1.807) is 12.2 Å². The zero-order valence-corrected chi connectivity index (χ0v) is 8.22. The maximum absolute atomic E-state index is 11.9. The summed E-state index contributed by atoms with van der Waals surface area (Å²) >= 11 is 0. The van der Waals surface area contributed by atoms with E-state index >= 15 is 0 Å². The number of alkyl halides is 3. The molecule has 0 fully saturated rings. The summed E-state index contributed by atoms with van der Waals surface area (Å²) in [7, 11) is 0. The average molecular weight is 222 g/mol. The van der Waals surface area contributed by atoms with Crippen molar-refractivity contribution in [2.24, 2.45) is 0 Å². The molecule has 1 aliphatic rings. The molecule has 0 aliphatic heterocycles. The third-order valence-corrected chi connectivity index (χ3v) is 2.20. The highest BCUT2D eigenvalue weighted by atomic mass is 19.4. The molecule has 0 N–H and O–H groups in total. The first-order chi connectivity index (χ1) is 7.00. The zero-order valence-electron chi connectivity index (χ0n) is 8.22. The highest BCUT2D eigenvalue weighted by molar-refractivity contribution is 5.75. The fourth-order valence-corrected chi connectivity index (χ4v) is 1.43. The number of hydrogen-bond donors (Lipinski definition) is 0. The minimum atomic E-state index is -4.89. The van der Waals surface area contributed by atoms with Gasteiger partial charge in [-0.15, -0.1) is 0 Å². The van der Waals surface area contributed by atoms with Crippen molar-refractivity contribution in [2.75, 3.05) is 0 Å². The normalized spacial score (nSPS) is 23.0. The van der Waals surface area contributed by atoms with Crippen LogP contribution in [0.25, 0.3) is 0 Å². The fraction of sp³-hybridized carbons (Fsp3) is 0.700. The van der Waals surface area contributed by atoms with E-state index in [0.717, 1.165) is 25.7 Å². The van der Waals surface area contributed by atoms with Crippen LogP contribution in [0, 0.1) is 0 Å². The van der Waals surface area contributed by atoms with Crippen LogP contribution in [0.3, 0.4) is 0 Å². The van der Waals surface area contributed by atoms with E-state index in [9.17, 15) is 18.0 Å². The largest absolute Gasteiger partial charge is 0.490 e. The molecule has 0 heterocycles. The molecule has 0 bridgehead atoms. The highest BCUT2D eigenvalue weighted by Gasteiger charge is 2.41. The number of ether oxygens (including phenoxy) is 1. The molecule has 0 unspecified atom stereocenters. The Bertz CT molecular complexity index is 246. The van der Waals surface area contributed by atoms with Crippen molar-refractivity contribution in [3.8, 4) is 0 Å². The monoisotopic (exact) mass is 222 g/mol. The molecule has 0 amide bonds. The molecule has 2 nitrogen and oxygen atoms in total. The maximum atomic E-state index is 11.9. The summed E-state index contributed by atoms with van der Waals surface area (Å²) in [5.74, 6) is -2.10. The van der Waals surface area contributed by atoms with Crippen molar-refractivity contribution in [2.45, 2.75) is 44.4 Å². The molecular formula is C10H13F3O2. The van der Waals surface area contributed by atoms with E-state index in [0.29, 0.717) is 6.42 Å². The van der Waals surface area contributed by atoms with Crippen LogP contribution >= 0.6 is 0 Å². The van der Waals surface area contributed by atoms with E-state index < -0.39 is 18.2 Å². The van der Waals surface area contributed by atoms with Gasteiger partial charge in [0.05, 0.1) is 0 Å². The Labute approximate surface area is 86.1 Å². The smallest absolute Gasteiger partial charge is 0.451 e. The molecule has 0 radical (unpaired) electrons. The lowest BCUT2D eigenvalue weighted by Gasteiger charge is -2.16. The first kappa shape index (κ1) is 12.1. The van der Waals surface area contributed by atoms with Crippen molar-refractivity contribution in [3.63, 3.8) is 0 Å². The number of carbonyl (C=O) groups excluding carboxylic acids is 1. The Hall–Kier alpha value is -1.00. The molecule has 0 spiro atoms. The SMILES string of the molecule is O=C(O[C@@H]1C=CCCCCC1)C(F)(F)F. The molecule has 1 rings (SSSR count). The third-order valence-electron chi connectivity index (χ3n) is 2.20. The van der Waals surface area contributed by atoms with Gasteiger partial charge in [0.15, 0.2) is 0 Å². The second kappa shape index (κ2) is 5.19. The number of carbonyl (C=O) groups is 1. The van der Waals surface area contributed by atoms with Gasteiger partial charge in [-0.3, -0.25) is 0 Å². The van der Waals surface area contributed by atoms with Gasteiger partial charge >= 0.3 is 12.1 Å². The predicted molar refractivity (Wildman–Crippen MR) is 48.2 cm³/mol. The molecule has 0 saturated carbocycles. The predicted octanol–water partition coefficient (Wildman–Crippen LogP) is 2.98. The van der Waals surface area contributed by atoms with E-state index in [2.05, 4.69) is 4.74 Å². The van der Waals surface area contributed by atoms with E-state index in [4.69, 9.17) is 0 Å². The number of esters is 1. The quantitative estimate of drug-likeness (QED) is 0.503. The van der Waals surface area contributed by atoms with E-state index in [1.165, 1.54) is 0 Å². The summed E-state index contributed by atoms with van der Waals surface area (Å²) in [5, 5.41) is 0. The standard InChI is InChI=1S/C10H13F3O2/c11-10(12,13)9(14)15-8-6-4-2-1-3-5-7-8/h4,6,8H,1-3,5,7H2/t8-/m1/s1. The van der Waals surface area contributed by atoms with Gasteiger partial charge in [-0.05, 0) is 31.8 Å². The molecule has 5 heteroatoms. The topological polar surface area (TPSA) is 26.3 Å². The average Bonchev–Trinajstić information content (AvgIpc) is 2.07. The molecule has 15 heavy (non-hydrogen) atoms. The zero-order chi connectivity index (χ0) is 11.3. The summed E-state index contributed by atoms with van der Waals surface area (Å²) in [5.41, 5.74) is 0. The van der Waals surface area contributed by atoms with Crippen molar-refractivity contribution >= 4 is 5.97 Å². The Morgan fingerprint density at radius 3 is 2.67 bits per heavy atom. The molecule has 0 saturated heterocycles. The third kappa shape index (κ3) is 4.36. The molecule has 0 aromatic heterocycles. The second-order valence-corrected chi connectivity index (χ2v) is 3.51. The van der Waals surface area contributed by atoms with Gasteiger partial charge in [-0.1, -0.05) is 12.5 Å². The first-order valence-electron chi connectivity index (χ1n) is 4.94. The van der Waals surface area contributed by atoms with Crippen LogP contribution in [0.5, 0.6) is 0 Å². The molecule has 86 valence electrons. The van der Waals surface area contributed by atoms with Gasteiger partial charge in [-0.2, -0.15) is 13.2 Å². The van der Waals surface area contributed by atoms with Gasteiger partial charge in [0.25, 0.3) is 0 Å². The lowest BCUT2D eigenvalue weighted by atomic mass is 10.0. The molecule has 0 aromatic carbocycles. The van der Waals surface area contributed by atoms with Crippen LogP contribution < -0.4 is 0 Å². The summed E-state index contributed by atoms with van der Waals surface area (Å²) in [6.45, 7) is 0. The summed E-state index contributed by atoms with van der Waals surface area (Å²) in [6, 6.07) is 0. The van der Waals surface area contributed by atoms with Crippen molar-refractivity contribution in [1.29, 1.82) is 0 Å². The van der Waals surface area contributed by atoms with E-state index in [-0.39, 0.29) is 0 Å². The Morgan fingerprint density at radius 2 is 2.00 bits per heavy atom. The van der Waals surface area contributed by atoms with E-state index in [1.807, 2.05) is 0 Å². The van der Waals surface area contributed by atoms with Crippen molar-refractivity contribution in [3.05, 3.63) is 12.2 Å². The lowest BCUT2D eigenvalue weighted by Crippen LogP contribution is -2.29. The number of rotatable bonds is 1. The van der Waals surface area contributed by atoms with Crippen LogP contribution in [-0.4, -0.2) is 18.2 Å². The minimum absolute atomic E-state index is 0.471. The maximum Gasteiger partial charge on any atom is 0.490 e. The van der Waals surface area contributed by atoms with Crippen LogP contribution in [0.1, 0.15) is 32.1 Å². The van der Waals surface area contributed by atoms with Crippen LogP contribution in [0.2, 0.25) is 0 Å². The molecule has 1 aliphatic carbocycles. The highest BCUT2D eigenvalue weighted by Crippen LogP contribution is 2.20. The number of halogens is 3. The van der Waals surface area contributed by atoms with Crippen LogP contribution in [-0.2, 0) is 9.53 Å². The number of hydrogen-bond acceptors (Lipinski definition) is 2. The van der Waals surface area contributed by atoms with Crippen LogP contribution in [0.4, 0.5) is 13.2 Å². The van der Waals surface area contributed by atoms with Gasteiger partial charge in [-0.25, -0.2) is 4.79 Å². The molecule has 1 atom stereocenters. The summed E-state index contributed by atoms with van der Waals surface area (Å²) < 4.78 is 40.0. The summed E-state index contributed by atoms with van der Waals surface area (Å²) in [6.07, 6.45) is 1.80. The Kier molecular flexibility index (Phi) is 4.17. The number of allylic oxidation sites excluding steroid dienone is 1. The lowest BCUT2D eigenvalue weighted by molar-refractivity contribution is -0.203. The van der Waals surface area contributed by atoms with Gasteiger partial charge in [0.1, 0.15) is 6.10 Å². The van der Waals surface area contributed by atoms with Crippen LogP contribution in [0.15, 0.2) is 12.2 Å². The van der Waals surface area contributed by atoms with Gasteiger partial charge in [0, 0.05) is 0 Å². The van der Waals surface area contributed by atoms with Gasteiger partial charge < -0.3 is 4.74 Å². The Morgan fingerprint density at radius 1 is 1.27 bits per heavy atom.